The average molecular weight is 236 g/mol. The van der Waals surface area contributed by atoms with Crippen molar-refractivity contribution >= 4 is 11.6 Å². The SMILES string of the molecule is C[NH+](C)CCO/N=C(/C(N)=O)C1CC1.[Cl-]. The second kappa shape index (κ2) is 6.63. The van der Waals surface area contributed by atoms with Crippen LogP contribution in [0.15, 0.2) is 5.16 Å². The second-order valence-electron chi connectivity index (χ2n) is 3.91. The number of oxime groups is 1. The standard InChI is InChI=1S/C9H17N3O2.ClH/c1-12(2)5-6-14-11-8(9(10)13)7-3-4-7;/h7H,3-6H2,1-2H3,(H2,10,13);1H/b11-8+;. The Hall–Kier alpha value is -0.810. The quantitative estimate of drug-likeness (QED) is 0.276. The number of quaternary nitrogens is 1. The summed E-state index contributed by atoms with van der Waals surface area (Å²) in [7, 11) is 4.06. The van der Waals surface area contributed by atoms with Crippen LogP contribution in [0.2, 0.25) is 0 Å². The molecule has 1 rings (SSSR count). The molecule has 0 aromatic rings. The van der Waals surface area contributed by atoms with Crippen LogP contribution in [-0.2, 0) is 9.63 Å². The Balaban J connectivity index is 0.00000196. The van der Waals surface area contributed by atoms with E-state index in [-0.39, 0.29) is 18.3 Å². The summed E-state index contributed by atoms with van der Waals surface area (Å²) in [6.07, 6.45) is 2.01. The monoisotopic (exact) mass is 235 g/mol. The molecule has 1 aliphatic rings. The minimum Gasteiger partial charge on any atom is -1.00 e. The van der Waals surface area contributed by atoms with Gasteiger partial charge in [0.15, 0.2) is 6.61 Å². The van der Waals surface area contributed by atoms with Gasteiger partial charge in [0.2, 0.25) is 0 Å². The van der Waals surface area contributed by atoms with E-state index in [4.69, 9.17) is 10.6 Å². The van der Waals surface area contributed by atoms with Crippen molar-refractivity contribution in [3.63, 3.8) is 0 Å². The maximum atomic E-state index is 10.9. The van der Waals surface area contributed by atoms with Crippen molar-refractivity contribution in [2.75, 3.05) is 27.2 Å². The van der Waals surface area contributed by atoms with Gasteiger partial charge in [0, 0.05) is 5.92 Å². The third-order valence-corrected chi connectivity index (χ3v) is 2.07. The summed E-state index contributed by atoms with van der Waals surface area (Å²) < 4.78 is 0. The molecule has 0 spiro atoms. The number of halogens is 1. The van der Waals surface area contributed by atoms with Gasteiger partial charge in [0.05, 0.1) is 14.1 Å². The number of nitrogens with zero attached hydrogens (tertiary/aromatic N) is 1. The lowest BCUT2D eigenvalue weighted by Gasteiger charge is -2.05. The van der Waals surface area contributed by atoms with Crippen LogP contribution in [0.1, 0.15) is 12.8 Å². The summed E-state index contributed by atoms with van der Waals surface area (Å²) in [6.45, 7) is 1.38. The first-order chi connectivity index (χ1) is 6.61. The Morgan fingerprint density at radius 1 is 1.53 bits per heavy atom. The molecule has 88 valence electrons. The fourth-order valence-electron chi connectivity index (χ4n) is 1.04. The predicted molar refractivity (Wildman–Crippen MR) is 53.0 cm³/mol. The molecule has 5 nitrogen and oxygen atoms in total. The molecule has 0 aliphatic heterocycles. The van der Waals surface area contributed by atoms with E-state index in [0.717, 1.165) is 19.4 Å². The van der Waals surface area contributed by atoms with Crippen LogP contribution in [0.3, 0.4) is 0 Å². The molecule has 1 amide bonds. The van der Waals surface area contributed by atoms with Crippen molar-refractivity contribution < 1.29 is 26.9 Å². The highest BCUT2D eigenvalue weighted by molar-refractivity contribution is 6.39. The Morgan fingerprint density at radius 2 is 2.13 bits per heavy atom. The Kier molecular flexibility index (Phi) is 6.27. The zero-order valence-corrected chi connectivity index (χ0v) is 9.88. The lowest BCUT2D eigenvalue weighted by molar-refractivity contribution is -0.858. The predicted octanol–water partition coefficient (Wildman–Crippen LogP) is -4.60. The van der Waals surface area contributed by atoms with Crippen molar-refractivity contribution in [1.82, 2.24) is 0 Å². The summed E-state index contributed by atoms with van der Waals surface area (Å²) in [5.41, 5.74) is 5.57. The van der Waals surface area contributed by atoms with E-state index in [1.54, 1.807) is 0 Å². The third-order valence-electron chi connectivity index (χ3n) is 2.07. The van der Waals surface area contributed by atoms with E-state index in [1.165, 1.54) is 4.90 Å². The molecule has 0 bridgehead atoms. The van der Waals surface area contributed by atoms with Gasteiger partial charge in [-0.15, -0.1) is 0 Å². The Morgan fingerprint density at radius 3 is 2.53 bits per heavy atom. The lowest BCUT2D eigenvalue weighted by atomic mass is 10.2. The zero-order valence-electron chi connectivity index (χ0n) is 9.12. The van der Waals surface area contributed by atoms with Crippen LogP contribution in [-0.4, -0.2) is 38.9 Å². The molecule has 3 N–H and O–H groups in total. The van der Waals surface area contributed by atoms with E-state index in [1.807, 2.05) is 14.1 Å². The molecule has 0 saturated heterocycles. The second-order valence-corrected chi connectivity index (χ2v) is 3.91. The Labute approximate surface area is 96.0 Å². The third kappa shape index (κ3) is 5.59. The van der Waals surface area contributed by atoms with Crippen molar-refractivity contribution in [2.45, 2.75) is 12.8 Å². The number of carbonyl (C=O) groups excluding carboxylic acids is 1. The first-order valence-electron chi connectivity index (χ1n) is 4.90. The molecule has 15 heavy (non-hydrogen) atoms. The van der Waals surface area contributed by atoms with Gasteiger partial charge < -0.3 is 27.9 Å². The number of nitrogens with one attached hydrogen (secondary N) is 1. The van der Waals surface area contributed by atoms with Crippen molar-refractivity contribution in [3.8, 4) is 0 Å². The average Bonchev–Trinajstić information content (AvgIpc) is 2.86. The highest BCUT2D eigenvalue weighted by atomic mass is 35.5. The first kappa shape index (κ1) is 14.2. The fraction of sp³-hybridized carbons (Fsp3) is 0.778. The number of rotatable bonds is 6. The number of amides is 1. The van der Waals surface area contributed by atoms with Gasteiger partial charge in [-0.05, 0) is 12.8 Å². The van der Waals surface area contributed by atoms with Gasteiger partial charge in [0.25, 0.3) is 5.91 Å². The summed E-state index contributed by atoms with van der Waals surface area (Å²) in [4.78, 5) is 17.2. The number of primary amides is 1. The summed E-state index contributed by atoms with van der Waals surface area (Å²) >= 11 is 0. The molecule has 0 atom stereocenters. The molecule has 0 unspecified atom stereocenters. The number of hydrogen-bond donors (Lipinski definition) is 2. The van der Waals surface area contributed by atoms with E-state index in [0.29, 0.717) is 12.3 Å². The van der Waals surface area contributed by atoms with Crippen molar-refractivity contribution in [3.05, 3.63) is 0 Å². The van der Waals surface area contributed by atoms with E-state index in [9.17, 15) is 4.79 Å². The topological polar surface area (TPSA) is 69.1 Å². The molecule has 0 heterocycles. The fourth-order valence-corrected chi connectivity index (χ4v) is 1.04. The van der Waals surface area contributed by atoms with Gasteiger partial charge >= 0.3 is 0 Å². The molecule has 1 saturated carbocycles. The molecule has 1 fully saturated rings. The van der Waals surface area contributed by atoms with Gasteiger partial charge in [-0.25, -0.2) is 0 Å². The normalized spacial score (nSPS) is 16.1. The van der Waals surface area contributed by atoms with Crippen LogP contribution >= 0.6 is 0 Å². The van der Waals surface area contributed by atoms with Crippen LogP contribution in [0, 0.1) is 5.92 Å². The molecule has 0 aromatic heterocycles. The van der Waals surface area contributed by atoms with Crippen LogP contribution in [0.25, 0.3) is 0 Å². The zero-order chi connectivity index (χ0) is 10.6. The number of carbonyl (C=O) groups is 1. The molecule has 0 radical (unpaired) electrons. The molecular weight excluding hydrogens is 218 g/mol. The number of likely N-dealkylation sites (N-methyl/N-ethyl adjacent to an activating group) is 1. The molecule has 1 aliphatic carbocycles. The summed E-state index contributed by atoms with van der Waals surface area (Å²) in [6, 6.07) is 0. The summed E-state index contributed by atoms with van der Waals surface area (Å²) in [5, 5.41) is 3.79. The Bertz CT molecular complexity index is 240. The van der Waals surface area contributed by atoms with E-state index < -0.39 is 5.91 Å². The van der Waals surface area contributed by atoms with Crippen molar-refractivity contribution in [2.24, 2.45) is 16.8 Å². The first-order valence-corrected chi connectivity index (χ1v) is 4.90. The lowest BCUT2D eigenvalue weighted by Crippen LogP contribution is -3.06. The highest BCUT2D eigenvalue weighted by Crippen LogP contribution is 2.30. The van der Waals surface area contributed by atoms with Gasteiger partial charge in [-0.2, -0.15) is 0 Å². The molecule has 6 heteroatoms. The highest BCUT2D eigenvalue weighted by Gasteiger charge is 2.31. The van der Waals surface area contributed by atoms with Gasteiger partial charge in [-0.1, -0.05) is 5.16 Å². The smallest absolute Gasteiger partial charge is 0.266 e. The van der Waals surface area contributed by atoms with Crippen molar-refractivity contribution in [1.29, 1.82) is 0 Å². The van der Waals surface area contributed by atoms with Gasteiger partial charge in [0.1, 0.15) is 12.3 Å². The minimum atomic E-state index is -0.454. The molecule has 0 aromatic carbocycles. The van der Waals surface area contributed by atoms with E-state index >= 15 is 0 Å². The largest absolute Gasteiger partial charge is 1.00 e. The minimum absolute atomic E-state index is 0. The number of hydrogen-bond acceptors (Lipinski definition) is 3. The number of nitrogens with two attached hydrogens (primary N) is 1. The summed E-state index contributed by atoms with van der Waals surface area (Å²) in [5.74, 6) is -0.205. The molecular formula is C9H18ClN3O2. The maximum absolute atomic E-state index is 10.9. The maximum Gasteiger partial charge on any atom is 0.266 e. The van der Waals surface area contributed by atoms with Crippen LogP contribution in [0.5, 0.6) is 0 Å². The van der Waals surface area contributed by atoms with Crippen LogP contribution < -0.4 is 23.0 Å². The van der Waals surface area contributed by atoms with Gasteiger partial charge in [-0.3, -0.25) is 4.79 Å². The van der Waals surface area contributed by atoms with E-state index in [2.05, 4.69) is 5.16 Å². The van der Waals surface area contributed by atoms with Crippen LogP contribution in [0.4, 0.5) is 0 Å².